The van der Waals surface area contributed by atoms with Crippen LogP contribution in [0.5, 0.6) is 0 Å². The van der Waals surface area contributed by atoms with Crippen LogP contribution in [0, 0.1) is 16.7 Å². The number of nitriles is 1. The van der Waals surface area contributed by atoms with Crippen LogP contribution in [0.3, 0.4) is 0 Å². The quantitative estimate of drug-likeness (QED) is 0.330. The van der Waals surface area contributed by atoms with Crippen LogP contribution in [0.2, 0.25) is 0 Å². The van der Waals surface area contributed by atoms with Crippen molar-refractivity contribution in [2.45, 2.75) is 33.1 Å². The van der Waals surface area contributed by atoms with Gasteiger partial charge in [0.25, 0.3) is 0 Å². The van der Waals surface area contributed by atoms with Crippen LogP contribution in [0.4, 0.5) is 0 Å². The summed E-state index contributed by atoms with van der Waals surface area (Å²) in [4.78, 5) is 2.70. The fraction of sp³-hybridized carbons (Fsp3) is 0.417. The van der Waals surface area contributed by atoms with Gasteiger partial charge in [0, 0.05) is 6.42 Å². The molecule has 1 N–H and O–H groups in total. The zero-order valence-corrected chi connectivity index (χ0v) is 9.69. The van der Waals surface area contributed by atoms with Gasteiger partial charge in [0.15, 0.2) is 11.0 Å². The van der Waals surface area contributed by atoms with E-state index in [1.165, 1.54) is 5.57 Å². The Balaban J connectivity index is 4.32. The normalized spacial score (nSPS) is 13.0. The summed E-state index contributed by atoms with van der Waals surface area (Å²) in [6.45, 7) is 7.65. The minimum Gasteiger partial charge on any atom is -0.504 e. The van der Waals surface area contributed by atoms with Crippen LogP contribution >= 0.6 is 0 Å². The Bertz CT molecular complexity index is 389. The predicted octanol–water partition coefficient (Wildman–Crippen LogP) is 3.83. The fourth-order valence-corrected chi connectivity index (χ4v) is 1.16. The number of hydrogen-bond donors (Lipinski definition) is 1. The molecular weight excluding hydrogens is 202 g/mol. The third-order valence-corrected chi connectivity index (χ3v) is 2.42. The molecule has 0 aliphatic carbocycles. The maximum Gasteiger partial charge on any atom is 0.497 e. The third-order valence-electron chi connectivity index (χ3n) is 2.42. The molecule has 4 nitrogen and oxygen atoms in total. The molecule has 4 heteroatoms. The second kappa shape index (κ2) is 7.25. The molecule has 0 atom stereocenters. The Hall–Kier alpha value is -2.07. The van der Waals surface area contributed by atoms with E-state index in [4.69, 9.17) is 10.7 Å². The number of allylic oxidation sites excluding steroid dienone is 5. The molecule has 0 amide bonds. The van der Waals surface area contributed by atoms with Gasteiger partial charge in [0.05, 0.1) is 0 Å². The Morgan fingerprint density at radius 1 is 1.44 bits per heavy atom. The molecule has 0 aliphatic rings. The monoisotopic (exact) mass is 218 g/mol. The Kier molecular flexibility index (Phi) is 6.31. The number of aliphatic hydroxyl groups is 1. The van der Waals surface area contributed by atoms with E-state index in [1.807, 2.05) is 13.8 Å². The van der Waals surface area contributed by atoms with E-state index in [-0.39, 0.29) is 11.5 Å². The SMILES string of the molecule is C=C/C(C)=C(/C)CCC/C(O)=C(\C#N)[N+]#N. The van der Waals surface area contributed by atoms with E-state index in [0.717, 1.165) is 12.0 Å². The maximum absolute atomic E-state index is 9.38. The van der Waals surface area contributed by atoms with Crippen LogP contribution in [-0.2, 0) is 0 Å². The van der Waals surface area contributed by atoms with E-state index in [1.54, 1.807) is 12.1 Å². The number of hydrogen-bond acceptors (Lipinski definition) is 3. The van der Waals surface area contributed by atoms with Gasteiger partial charge in [-0.25, -0.2) is 0 Å². The van der Waals surface area contributed by atoms with Crippen LogP contribution < -0.4 is 0 Å². The van der Waals surface area contributed by atoms with Gasteiger partial charge in [-0.3, -0.25) is 0 Å². The minimum absolute atomic E-state index is 0.172. The molecule has 0 radical (unpaired) electrons. The summed E-state index contributed by atoms with van der Waals surface area (Å²) >= 11 is 0. The van der Waals surface area contributed by atoms with Crippen molar-refractivity contribution in [2.24, 2.45) is 0 Å². The van der Waals surface area contributed by atoms with Crippen molar-refractivity contribution in [3.63, 3.8) is 0 Å². The Morgan fingerprint density at radius 3 is 2.50 bits per heavy atom. The highest BCUT2D eigenvalue weighted by atomic mass is 16.3. The summed E-state index contributed by atoms with van der Waals surface area (Å²) in [6.07, 6.45) is 3.62. The first kappa shape index (κ1) is 13.9. The van der Waals surface area contributed by atoms with Gasteiger partial charge in [-0.05, 0) is 26.7 Å². The zero-order valence-electron chi connectivity index (χ0n) is 9.69. The molecule has 0 unspecified atom stereocenters. The first-order chi connectivity index (χ1) is 7.56. The maximum atomic E-state index is 9.38. The molecule has 16 heavy (non-hydrogen) atoms. The Labute approximate surface area is 95.8 Å². The van der Waals surface area contributed by atoms with Gasteiger partial charge >= 0.3 is 5.70 Å². The fourth-order valence-electron chi connectivity index (χ4n) is 1.16. The molecule has 0 aromatic rings. The van der Waals surface area contributed by atoms with Crippen molar-refractivity contribution >= 4 is 0 Å². The van der Waals surface area contributed by atoms with Crippen molar-refractivity contribution in [3.8, 4) is 6.07 Å². The lowest BCUT2D eigenvalue weighted by molar-refractivity contribution is 0.380. The van der Waals surface area contributed by atoms with Crippen LogP contribution in [0.1, 0.15) is 33.1 Å². The van der Waals surface area contributed by atoms with E-state index in [0.29, 0.717) is 12.8 Å². The molecule has 84 valence electrons. The highest BCUT2D eigenvalue weighted by molar-refractivity contribution is 5.29. The smallest absolute Gasteiger partial charge is 0.497 e. The minimum atomic E-state index is -0.318. The molecular formula is C12H16N3O+. The summed E-state index contributed by atoms with van der Waals surface area (Å²) < 4.78 is 0. The third kappa shape index (κ3) is 4.43. The van der Waals surface area contributed by atoms with Crippen molar-refractivity contribution in [1.29, 1.82) is 10.7 Å². The van der Waals surface area contributed by atoms with E-state index in [9.17, 15) is 5.11 Å². The summed E-state index contributed by atoms with van der Waals surface area (Å²) in [7, 11) is 0. The summed E-state index contributed by atoms with van der Waals surface area (Å²) in [6, 6.07) is 1.61. The van der Waals surface area contributed by atoms with Crippen LogP contribution in [0.15, 0.2) is 35.3 Å². The highest BCUT2D eigenvalue weighted by Crippen LogP contribution is 2.16. The molecule has 0 rings (SSSR count). The van der Waals surface area contributed by atoms with Crippen molar-refractivity contribution in [2.75, 3.05) is 0 Å². The van der Waals surface area contributed by atoms with Gasteiger partial charge in [0.2, 0.25) is 11.2 Å². The van der Waals surface area contributed by atoms with Gasteiger partial charge in [0.1, 0.15) is 0 Å². The number of nitrogens with zero attached hydrogens (tertiary/aromatic N) is 3. The lowest BCUT2D eigenvalue weighted by atomic mass is 10.0. The van der Waals surface area contributed by atoms with Gasteiger partial charge in [-0.15, -0.1) is 0 Å². The summed E-state index contributed by atoms with van der Waals surface area (Å²) in [5.41, 5.74) is 2.00. The first-order valence-corrected chi connectivity index (χ1v) is 5.02. The van der Waals surface area contributed by atoms with E-state index in [2.05, 4.69) is 11.6 Å². The molecule has 0 fully saturated rings. The van der Waals surface area contributed by atoms with Gasteiger partial charge in [-0.2, -0.15) is 5.26 Å². The zero-order chi connectivity index (χ0) is 12.6. The van der Waals surface area contributed by atoms with E-state index >= 15 is 0 Å². The second-order valence-corrected chi connectivity index (χ2v) is 3.53. The standard InChI is InChI=1S/C12H15N3O/c1-4-9(2)10(3)6-5-7-12(16)11(8-13)15-14/h4H,1,5-7H2,2-3H3/p+1/b10-9-,12-11-. The van der Waals surface area contributed by atoms with Crippen molar-refractivity contribution < 1.29 is 5.11 Å². The molecule has 0 bridgehead atoms. The predicted molar refractivity (Wildman–Crippen MR) is 62.8 cm³/mol. The average molecular weight is 218 g/mol. The summed E-state index contributed by atoms with van der Waals surface area (Å²) in [5.74, 6) is -0.172. The molecule has 0 spiro atoms. The van der Waals surface area contributed by atoms with Crippen LogP contribution in [0.25, 0.3) is 4.98 Å². The molecule has 0 saturated carbocycles. The molecule has 0 aliphatic heterocycles. The topological polar surface area (TPSA) is 72.2 Å². The number of diazo groups is 1. The number of rotatable bonds is 5. The molecule has 0 heterocycles. The van der Waals surface area contributed by atoms with Gasteiger partial charge in [-0.1, -0.05) is 23.8 Å². The highest BCUT2D eigenvalue weighted by Gasteiger charge is 2.16. The van der Waals surface area contributed by atoms with Gasteiger partial charge < -0.3 is 5.11 Å². The van der Waals surface area contributed by atoms with Crippen molar-refractivity contribution in [3.05, 3.63) is 40.2 Å². The second-order valence-electron chi connectivity index (χ2n) is 3.53. The van der Waals surface area contributed by atoms with E-state index < -0.39 is 0 Å². The average Bonchev–Trinajstić information content (AvgIpc) is 2.29. The Morgan fingerprint density at radius 2 is 2.06 bits per heavy atom. The largest absolute Gasteiger partial charge is 0.504 e. The van der Waals surface area contributed by atoms with Crippen molar-refractivity contribution in [1.82, 2.24) is 0 Å². The molecule has 0 aromatic carbocycles. The molecule has 0 saturated heterocycles. The molecule has 0 aromatic heterocycles. The lowest BCUT2D eigenvalue weighted by Crippen LogP contribution is -1.89. The lowest BCUT2D eigenvalue weighted by Gasteiger charge is -2.02. The van der Waals surface area contributed by atoms with Crippen LogP contribution in [-0.4, -0.2) is 5.11 Å². The summed E-state index contributed by atoms with van der Waals surface area (Å²) in [5, 5.41) is 26.3. The first-order valence-electron chi connectivity index (χ1n) is 5.02. The number of aliphatic hydroxyl groups excluding tert-OH is 1.